The highest BCUT2D eigenvalue weighted by atomic mass is 16.7. The maximum atomic E-state index is 12.7. The van der Waals surface area contributed by atoms with Crippen molar-refractivity contribution in [2.24, 2.45) is 0 Å². The van der Waals surface area contributed by atoms with E-state index in [9.17, 15) is 9.90 Å². The molecule has 0 saturated carbocycles. The average Bonchev–Trinajstić information content (AvgIpc) is 3.33. The molecule has 144 valence electrons. The lowest BCUT2D eigenvalue weighted by atomic mass is 9.80. The molecule has 5 rings (SSSR count). The van der Waals surface area contributed by atoms with E-state index < -0.39 is 0 Å². The Labute approximate surface area is 161 Å². The first kappa shape index (κ1) is 16.9. The second-order valence-electron chi connectivity index (χ2n) is 6.79. The van der Waals surface area contributed by atoms with Gasteiger partial charge in [-0.15, -0.1) is 0 Å². The smallest absolute Gasteiger partial charge is 0.337 e. The quantitative estimate of drug-likeness (QED) is 0.814. The van der Waals surface area contributed by atoms with Crippen LogP contribution >= 0.6 is 0 Å². The number of cyclic esters (lactones) is 1. The van der Waals surface area contributed by atoms with Gasteiger partial charge in [0.05, 0.1) is 25.0 Å². The van der Waals surface area contributed by atoms with Crippen molar-refractivity contribution in [1.29, 1.82) is 0 Å². The van der Waals surface area contributed by atoms with Crippen LogP contribution in [-0.2, 0) is 9.53 Å². The van der Waals surface area contributed by atoms with Crippen molar-refractivity contribution < 1.29 is 28.8 Å². The number of carbonyl (C=O) groups is 1. The van der Waals surface area contributed by atoms with Gasteiger partial charge in [0.25, 0.3) is 0 Å². The predicted octanol–water partition coefficient (Wildman–Crippen LogP) is 2.18. The average molecular weight is 381 g/mol. The number of hydrogen-bond donors (Lipinski definition) is 1. The fourth-order valence-electron chi connectivity index (χ4n) is 4.15. The van der Waals surface area contributed by atoms with Crippen molar-refractivity contribution >= 4 is 11.7 Å². The third-order valence-electron chi connectivity index (χ3n) is 5.36. The SMILES string of the molecule is COc1cccc(C2C3=C(COC3=O)N(CCO)c3cc4c(cc32)OCO4)c1. The first-order valence-corrected chi connectivity index (χ1v) is 9.07. The number of aliphatic hydroxyl groups excluding tert-OH is 1. The van der Waals surface area contributed by atoms with E-state index in [1.54, 1.807) is 7.11 Å². The standard InChI is InChI=1S/C21H19NO6/c1-25-13-4-2-3-12(7-13)19-14-8-17-18(28-11-27-17)9-15(14)22(5-6-23)16-10-26-21(24)20(16)19/h2-4,7-9,19,23H,5-6,10-11H2,1H3. The number of esters is 1. The number of fused-ring (bicyclic) bond motifs is 2. The van der Waals surface area contributed by atoms with Crippen LogP contribution in [0.2, 0.25) is 0 Å². The first-order chi connectivity index (χ1) is 13.7. The minimum atomic E-state index is -0.339. The molecule has 0 saturated heterocycles. The molecule has 0 radical (unpaired) electrons. The summed E-state index contributed by atoms with van der Waals surface area (Å²) < 4.78 is 21.9. The Morgan fingerprint density at radius 1 is 1.18 bits per heavy atom. The summed E-state index contributed by atoms with van der Waals surface area (Å²) in [6, 6.07) is 11.5. The summed E-state index contributed by atoms with van der Waals surface area (Å²) in [6.07, 6.45) is 0. The maximum Gasteiger partial charge on any atom is 0.337 e. The van der Waals surface area contributed by atoms with Gasteiger partial charge in [0.2, 0.25) is 6.79 Å². The fraction of sp³-hybridized carbons (Fsp3) is 0.286. The lowest BCUT2D eigenvalue weighted by molar-refractivity contribution is -0.136. The molecule has 3 heterocycles. The first-order valence-electron chi connectivity index (χ1n) is 9.07. The molecule has 1 atom stereocenters. The van der Waals surface area contributed by atoms with E-state index in [1.165, 1.54) is 0 Å². The van der Waals surface area contributed by atoms with Crippen LogP contribution in [-0.4, -0.2) is 44.7 Å². The lowest BCUT2D eigenvalue weighted by Gasteiger charge is -2.35. The van der Waals surface area contributed by atoms with Gasteiger partial charge in [-0.2, -0.15) is 0 Å². The number of ether oxygens (including phenoxy) is 4. The monoisotopic (exact) mass is 381 g/mol. The highest BCUT2D eigenvalue weighted by Crippen LogP contribution is 2.51. The summed E-state index contributed by atoms with van der Waals surface area (Å²) >= 11 is 0. The van der Waals surface area contributed by atoms with Gasteiger partial charge in [-0.3, -0.25) is 0 Å². The predicted molar refractivity (Wildman–Crippen MR) is 99.8 cm³/mol. The summed E-state index contributed by atoms with van der Waals surface area (Å²) in [5, 5.41) is 9.61. The van der Waals surface area contributed by atoms with Crippen LogP contribution in [0.25, 0.3) is 0 Å². The summed E-state index contributed by atoms with van der Waals surface area (Å²) in [6.45, 7) is 0.648. The summed E-state index contributed by atoms with van der Waals surface area (Å²) in [4.78, 5) is 14.6. The number of methoxy groups -OCH3 is 1. The Hall–Kier alpha value is -3.19. The Bertz CT molecular complexity index is 998. The molecule has 7 nitrogen and oxygen atoms in total. The third-order valence-corrected chi connectivity index (χ3v) is 5.36. The Balaban J connectivity index is 1.76. The molecule has 7 heteroatoms. The number of rotatable bonds is 4. The fourth-order valence-corrected chi connectivity index (χ4v) is 4.15. The van der Waals surface area contributed by atoms with Crippen LogP contribution in [0.5, 0.6) is 17.2 Å². The molecule has 3 aliphatic heterocycles. The molecule has 3 aliphatic rings. The minimum absolute atomic E-state index is 0.0529. The van der Waals surface area contributed by atoms with E-state index in [2.05, 4.69) is 0 Å². The number of nitrogens with zero attached hydrogens (tertiary/aromatic N) is 1. The topological polar surface area (TPSA) is 77.5 Å². The van der Waals surface area contributed by atoms with Crippen molar-refractivity contribution in [2.45, 2.75) is 5.92 Å². The van der Waals surface area contributed by atoms with Crippen LogP contribution in [0.15, 0.2) is 47.7 Å². The largest absolute Gasteiger partial charge is 0.497 e. The maximum absolute atomic E-state index is 12.7. The van der Waals surface area contributed by atoms with E-state index in [1.807, 2.05) is 41.3 Å². The van der Waals surface area contributed by atoms with Gasteiger partial charge in [0, 0.05) is 24.2 Å². The molecule has 0 aliphatic carbocycles. The molecular formula is C21H19NO6. The molecule has 0 amide bonds. The second-order valence-corrected chi connectivity index (χ2v) is 6.79. The van der Waals surface area contributed by atoms with Crippen molar-refractivity contribution in [3.8, 4) is 17.2 Å². The van der Waals surface area contributed by atoms with Crippen molar-refractivity contribution in [3.05, 3.63) is 58.8 Å². The number of β-amino-alcohol motifs (C(OH)–C–C–N with tert-alkyl or cyclic N) is 1. The van der Waals surface area contributed by atoms with Gasteiger partial charge in [0.1, 0.15) is 12.4 Å². The van der Waals surface area contributed by atoms with Crippen LogP contribution in [0.4, 0.5) is 5.69 Å². The molecule has 0 spiro atoms. The van der Waals surface area contributed by atoms with E-state index >= 15 is 0 Å². The van der Waals surface area contributed by atoms with Gasteiger partial charge >= 0.3 is 5.97 Å². The molecule has 0 bridgehead atoms. The molecule has 0 aromatic heterocycles. The van der Waals surface area contributed by atoms with Crippen molar-refractivity contribution in [2.75, 3.05) is 38.6 Å². The van der Waals surface area contributed by atoms with Crippen LogP contribution in [0, 0.1) is 0 Å². The molecule has 28 heavy (non-hydrogen) atoms. The zero-order valence-electron chi connectivity index (χ0n) is 15.3. The molecular weight excluding hydrogens is 362 g/mol. The summed E-state index contributed by atoms with van der Waals surface area (Å²) in [5.41, 5.74) is 4.08. The van der Waals surface area contributed by atoms with E-state index in [-0.39, 0.29) is 31.9 Å². The normalized spacial score (nSPS) is 19.4. The molecule has 2 aromatic rings. The number of carbonyl (C=O) groups excluding carboxylic acids is 1. The highest BCUT2D eigenvalue weighted by molar-refractivity contribution is 5.97. The molecule has 2 aromatic carbocycles. The van der Waals surface area contributed by atoms with E-state index in [0.29, 0.717) is 29.4 Å². The minimum Gasteiger partial charge on any atom is -0.497 e. The van der Waals surface area contributed by atoms with Crippen LogP contribution < -0.4 is 19.1 Å². The van der Waals surface area contributed by atoms with Gasteiger partial charge in [0.15, 0.2) is 11.5 Å². The van der Waals surface area contributed by atoms with Crippen molar-refractivity contribution in [3.63, 3.8) is 0 Å². The van der Waals surface area contributed by atoms with Crippen LogP contribution in [0.1, 0.15) is 17.0 Å². The van der Waals surface area contributed by atoms with Gasteiger partial charge < -0.3 is 29.0 Å². The highest BCUT2D eigenvalue weighted by Gasteiger charge is 2.42. The number of anilines is 1. The third kappa shape index (κ3) is 2.43. The second kappa shape index (κ2) is 6.45. The lowest BCUT2D eigenvalue weighted by Crippen LogP contribution is -2.33. The van der Waals surface area contributed by atoms with E-state index in [0.717, 1.165) is 22.5 Å². The number of benzene rings is 2. The van der Waals surface area contributed by atoms with E-state index in [4.69, 9.17) is 18.9 Å². The van der Waals surface area contributed by atoms with Gasteiger partial charge in [-0.25, -0.2) is 4.79 Å². The van der Waals surface area contributed by atoms with Crippen LogP contribution in [0.3, 0.4) is 0 Å². The van der Waals surface area contributed by atoms with Gasteiger partial charge in [-0.1, -0.05) is 12.1 Å². The van der Waals surface area contributed by atoms with Crippen molar-refractivity contribution in [1.82, 2.24) is 0 Å². The zero-order valence-corrected chi connectivity index (χ0v) is 15.3. The number of hydrogen-bond acceptors (Lipinski definition) is 7. The molecule has 1 N–H and O–H groups in total. The Morgan fingerprint density at radius 3 is 2.79 bits per heavy atom. The zero-order chi connectivity index (χ0) is 19.3. The summed E-state index contributed by atoms with van der Waals surface area (Å²) in [5.74, 6) is 1.35. The molecule has 1 unspecified atom stereocenters. The Morgan fingerprint density at radius 2 is 2.00 bits per heavy atom. The van der Waals surface area contributed by atoms with Gasteiger partial charge in [-0.05, 0) is 29.3 Å². The molecule has 0 fully saturated rings. The number of aliphatic hydroxyl groups is 1. The summed E-state index contributed by atoms with van der Waals surface area (Å²) in [7, 11) is 1.61. The Kier molecular flexibility index (Phi) is 3.91.